The van der Waals surface area contributed by atoms with Gasteiger partial charge in [0.25, 0.3) is 5.88 Å². The van der Waals surface area contributed by atoms with Crippen molar-refractivity contribution in [1.82, 2.24) is 10.2 Å². The fourth-order valence-corrected chi connectivity index (χ4v) is 3.46. The van der Waals surface area contributed by atoms with Gasteiger partial charge in [-0.3, -0.25) is 9.63 Å². The molecule has 1 amide bonds. The van der Waals surface area contributed by atoms with Crippen molar-refractivity contribution >= 4 is 6.41 Å². The van der Waals surface area contributed by atoms with Crippen LogP contribution in [-0.4, -0.2) is 35.4 Å². The molecule has 0 aliphatic heterocycles. The van der Waals surface area contributed by atoms with E-state index in [4.69, 9.17) is 14.1 Å². The molecule has 0 spiro atoms. The Morgan fingerprint density at radius 1 is 1.22 bits per heavy atom. The van der Waals surface area contributed by atoms with Crippen molar-refractivity contribution in [2.75, 3.05) is 13.2 Å². The van der Waals surface area contributed by atoms with Crippen LogP contribution in [-0.2, 0) is 9.63 Å². The Bertz CT molecular complexity index is 730. The van der Waals surface area contributed by atoms with E-state index in [0.717, 1.165) is 29.7 Å². The Morgan fingerprint density at radius 3 is 2.56 bits per heavy atom. The number of carbonyl (C=O) groups is 1. The monoisotopic (exact) mass is 372 g/mol. The van der Waals surface area contributed by atoms with Crippen molar-refractivity contribution in [2.24, 2.45) is 0 Å². The minimum atomic E-state index is -0.440. The molecule has 1 aromatic heterocycles. The van der Waals surface area contributed by atoms with Gasteiger partial charge in [0, 0.05) is 5.56 Å². The zero-order chi connectivity index (χ0) is 19.3. The van der Waals surface area contributed by atoms with E-state index in [1.54, 1.807) is 0 Å². The molecule has 27 heavy (non-hydrogen) atoms. The Hall–Kier alpha value is -2.34. The van der Waals surface area contributed by atoms with Crippen LogP contribution >= 0.6 is 0 Å². The Labute approximate surface area is 160 Å². The van der Waals surface area contributed by atoms with Crippen molar-refractivity contribution in [3.05, 3.63) is 35.9 Å². The van der Waals surface area contributed by atoms with Crippen molar-refractivity contribution < 1.29 is 18.9 Å². The maximum Gasteiger partial charge on any atom is 0.258 e. The summed E-state index contributed by atoms with van der Waals surface area (Å²) in [6, 6.07) is 10.0. The van der Waals surface area contributed by atoms with Gasteiger partial charge in [0.1, 0.15) is 6.61 Å². The van der Waals surface area contributed by atoms with Gasteiger partial charge in [-0.05, 0) is 44.7 Å². The molecule has 3 rings (SSSR count). The van der Waals surface area contributed by atoms with Crippen molar-refractivity contribution in [3.63, 3.8) is 0 Å². The Morgan fingerprint density at radius 2 is 1.93 bits per heavy atom. The molecule has 1 aromatic carbocycles. The molecule has 0 atom stereocenters. The summed E-state index contributed by atoms with van der Waals surface area (Å²) < 4.78 is 11.6. The number of benzene rings is 1. The number of aromatic nitrogens is 1. The van der Waals surface area contributed by atoms with Gasteiger partial charge in [0.05, 0.1) is 17.7 Å². The van der Waals surface area contributed by atoms with Crippen LogP contribution < -0.4 is 4.74 Å². The van der Waals surface area contributed by atoms with Crippen LogP contribution in [0.1, 0.15) is 57.9 Å². The number of hydrogen-bond acceptors (Lipinski definition) is 5. The first-order valence-electron chi connectivity index (χ1n) is 9.57. The highest BCUT2D eigenvalue weighted by Crippen LogP contribution is 2.43. The molecule has 2 aromatic rings. The molecule has 1 heterocycles. The van der Waals surface area contributed by atoms with Crippen LogP contribution in [0.25, 0.3) is 11.3 Å². The predicted octanol–water partition coefficient (Wildman–Crippen LogP) is 4.57. The lowest BCUT2D eigenvalue weighted by atomic mass is 9.95. The summed E-state index contributed by atoms with van der Waals surface area (Å²) in [7, 11) is 0. The lowest BCUT2D eigenvalue weighted by Gasteiger charge is -2.26. The molecule has 1 fully saturated rings. The Balaban J connectivity index is 1.73. The molecule has 6 nitrogen and oxygen atoms in total. The fourth-order valence-electron chi connectivity index (χ4n) is 3.46. The van der Waals surface area contributed by atoms with Crippen LogP contribution in [0.4, 0.5) is 0 Å². The normalized spacial score (nSPS) is 15.1. The minimum Gasteiger partial charge on any atom is -0.473 e. The maximum atomic E-state index is 11.2. The third-order valence-electron chi connectivity index (χ3n) is 4.55. The molecule has 0 saturated heterocycles. The van der Waals surface area contributed by atoms with E-state index in [9.17, 15) is 4.79 Å². The number of hydrogen-bond donors (Lipinski definition) is 0. The van der Waals surface area contributed by atoms with Crippen LogP contribution in [0.15, 0.2) is 34.9 Å². The number of hydroxylamine groups is 2. The van der Waals surface area contributed by atoms with Gasteiger partial charge in [0.15, 0.2) is 5.76 Å². The average molecular weight is 372 g/mol. The highest BCUT2D eigenvalue weighted by atomic mass is 16.7. The summed E-state index contributed by atoms with van der Waals surface area (Å²) in [5.74, 6) is 1.72. The highest BCUT2D eigenvalue weighted by Gasteiger charge is 2.29. The second-order valence-corrected chi connectivity index (χ2v) is 7.88. The molecule has 0 radical (unpaired) electrons. The highest BCUT2D eigenvalue weighted by molar-refractivity contribution is 5.64. The van der Waals surface area contributed by atoms with Crippen LogP contribution in [0.3, 0.4) is 0 Å². The third-order valence-corrected chi connectivity index (χ3v) is 4.55. The third kappa shape index (κ3) is 5.10. The van der Waals surface area contributed by atoms with Crippen LogP contribution in [0, 0.1) is 0 Å². The molecule has 0 unspecified atom stereocenters. The number of amides is 1. The lowest BCUT2D eigenvalue weighted by Crippen LogP contribution is -2.35. The molecule has 0 N–H and O–H groups in total. The average Bonchev–Trinajstić information content (AvgIpc) is 3.30. The van der Waals surface area contributed by atoms with Crippen molar-refractivity contribution in [3.8, 4) is 17.2 Å². The van der Waals surface area contributed by atoms with E-state index in [1.807, 2.05) is 51.1 Å². The van der Waals surface area contributed by atoms with Crippen LogP contribution in [0.2, 0.25) is 0 Å². The van der Waals surface area contributed by atoms with Crippen molar-refractivity contribution in [1.29, 1.82) is 0 Å². The molecule has 1 aliphatic rings. The summed E-state index contributed by atoms with van der Waals surface area (Å²) in [5, 5.41) is 5.45. The van der Waals surface area contributed by atoms with E-state index in [2.05, 4.69) is 5.16 Å². The SMILES string of the molecule is CC(C)(C)ON(C=O)CCOc1noc(-c2ccccc2)c1C1CCCC1. The number of nitrogens with zero attached hydrogens (tertiary/aromatic N) is 2. The van der Waals surface area contributed by atoms with E-state index < -0.39 is 5.60 Å². The summed E-state index contributed by atoms with van der Waals surface area (Å²) in [6.07, 6.45) is 5.32. The standard InChI is InChI=1S/C21H28N2O4/c1-21(2,3)27-23(15-24)13-14-25-20-18(16-9-7-8-10-16)19(26-22-20)17-11-5-4-6-12-17/h4-6,11-12,15-16H,7-10,13-14H2,1-3H3. The zero-order valence-electron chi connectivity index (χ0n) is 16.3. The van der Waals surface area contributed by atoms with Crippen LogP contribution in [0.5, 0.6) is 5.88 Å². The van der Waals surface area contributed by atoms with Crippen molar-refractivity contribution in [2.45, 2.75) is 58.0 Å². The van der Waals surface area contributed by atoms with Gasteiger partial charge in [-0.15, -0.1) is 0 Å². The zero-order valence-corrected chi connectivity index (χ0v) is 16.3. The second kappa shape index (κ2) is 8.57. The number of carbonyl (C=O) groups excluding carboxylic acids is 1. The van der Waals surface area contributed by atoms with Gasteiger partial charge in [-0.1, -0.05) is 43.2 Å². The minimum absolute atomic E-state index is 0.287. The topological polar surface area (TPSA) is 64.8 Å². The van der Waals surface area contributed by atoms with Gasteiger partial charge in [-0.25, -0.2) is 5.06 Å². The van der Waals surface area contributed by atoms with E-state index in [-0.39, 0.29) is 6.61 Å². The summed E-state index contributed by atoms with van der Waals surface area (Å²) in [5.41, 5.74) is 1.62. The maximum absolute atomic E-state index is 11.2. The quantitative estimate of drug-likeness (QED) is 0.502. The Kier molecular flexibility index (Phi) is 6.16. The summed E-state index contributed by atoms with van der Waals surface area (Å²) >= 11 is 0. The van der Waals surface area contributed by atoms with Gasteiger partial charge >= 0.3 is 0 Å². The van der Waals surface area contributed by atoms with Gasteiger partial charge < -0.3 is 9.26 Å². The second-order valence-electron chi connectivity index (χ2n) is 7.88. The largest absolute Gasteiger partial charge is 0.473 e. The van der Waals surface area contributed by atoms with Gasteiger partial charge in [-0.2, -0.15) is 0 Å². The van der Waals surface area contributed by atoms with Gasteiger partial charge in [0.2, 0.25) is 6.41 Å². The first-order valence-corrected chi connectivity index (χ1v) is 9.57. The van der Waals surface area contributed by atoms with E-state index in [0.29, 0.717) is 24.8 Å². The molecular weight excluding hydrogens is 344 g/mol. The fraction of sp³-hybridized carbons (Fsp3) is 0.524. The molecule has 146 valence electrons. The van der Waals surface area contributed by atoms with E-state index >= 15 is 0 Å². The number of rotatable bonds is 8. The lowest BCUT2D eigenvalue weighted by molar-refractivity contribution is -0.217. The predicted molar refractivity (Wildman–Crippen MR) is 102 cm³/mol. The first-order chi connectivity index (χ1) is 13.0. The molecule has 0 bridgehead atoms. The summed E-state index contributed by atoms with van der Waals surface area (Å²) in [6.45, 7) is 6.29. The molecule has 1 aliphatic carbocycles. The summed E-state index contributed by atoms with van der Waals surface area (Å²) in [4.78, 5) is 16.8. The van der Waals surface area contributed by atoms with E-state index in [1.165, 1.54) is 17.9 Å². The number of ether oxygens (including phenoxy) is 1. The smallest absolute Gasteiger partial charge is 0.258 e. The first kappa shape index (κ1) is 19.4. The molecule has 6 heteroatoms. The molecular formula is C21H28N2O4. The molecule has 1 saturated carbocycles.